The number of pyridine rings is 1. The fourth-order valence-electron chi connectivity index (χ4n) is 4.31. The molecule has 14 heteroatoms. The maximum atomic E-state index is 14.0. The zero-order valence-electron chi connectivity index (χ0n) is 21.8. The third-order valence-electron chi connectivity index (χ3n) is 6.01. The Bertz CT molecular complexity index is 1760. The maximum absolute atomic E-state index is 14.0. The second-order valence-corrected chi connectivity index (χ2v) is 11.4. The molecule has 0 radical (unpaired) electrons. The number of rotatable bonds is 8. The fourth-order valence-corrected chi connectivity index (χ4v) is 5.09. The summed E-state index contributed by atoms with van der Waals surface area (Å²) < 4.78 is 87.2. The minimum absolute atomic E-state index is 0.0534. The van der Waals surface area contributed by atoms with E-state index in [0.29, 0.717) is 17.3 Å². The van der Waals surface area contributed by atoms with Crippen molar-refractivity contribution in [1.29, 1.82) is 0 Å². The molecular weight excluding hydrogens is 588 g/mol. The highest BCUT2D eigenvalue weighted by Gasteiger charge is 2.32. The molecule has 4 aromatic rings. The number of carbonyl (C=O) groups excluding carboxylic acids is 1. The molecule has 1 unspecified atom stereocenters. The first-order valence-corrected chi connectivity index (χ1v) is 14.1. The van der Waals surface area contributed by atoms with E-state index in [1.807, 2.05) is 0 Å². The van der Waals surface area contributed by atoms with Gasteiger partial charge in [0.15, 0.2) is 0 Å². The molecule has 0 aliphatic rings. The number of nitrogens with zero attached hydrogens (tertiary/aromatic N) is 2. The molecule has 8 nitrogen and oxygen atoms in total. The summed E-state index contributed by atoms with van der Waals surface area (Å²) in [5, 5.41) is 0.177. The van der Waals surface area contributed by atoms with Gasteiger partial charge >= 0.3 is 6.18 Å². The number of benzene rings is 2. The van der Waals surface area contributed by atoms with E-state index in [1.165, 1.54) is 49.5 Å². The van der Waals surface area contributed by atoms with E-state index in [-0.39, 0.29) is 39.0 Å². The van der Waals surface area contributed by atoms with E-state index >= 15 is 0 Å². The number of anilines is 1. The Kier molecular flexibility index (Phi) is 8.05. The Morgan fingerprint density at radius 2 is 1.85 bits per heavy atom. The number of nitrogens with two attached hydrogens (primary N) is 1. The van der Waals surface area contributed by atoms with Crippen molar-refractivity contribution in [3.05, 3.63) is 88.3 Å². The van der Waals surface area contributed by atoms with Gasteiger partial charge in [-0.3, -0.25) is 14.5 Å². The molecule has 2 heterocycles. The lowest BCUT2D eigenvalue weighted by Gasteiger charge is -2.19. The van der Waals surface area contributed by atoms with Crippen molar-refractivity contribution in [3.63, 3.8) is 0 Å². The van der Waals surface area contributed by atoms with Gasteiger partial charge in [-0.1, -0.05) is 11.6 Å². The number of alkyl halides is 3. The summed E-state index contributed by atoms with van der Waals surface area (Å²) in [5.41, 5.74) is 5.86. The fraction of sp³-hybridized carbons (Fsp3) is 0.185. The van der Waals surface area contributed by atoms with Gasteiger partial charge in [0.2, 0.25) is 10.0 Å². The number of carbonyl (C=O) groups is 1. The molecule has 2 aromatic carbocycles. The van der Waals surface area contributed by atoms with E-state index in [4.69, 9.17) is 22.1 Å². The number of hydrogen-bond donors (Lipinski definition) is 2. The van der Waals surface area contributed by atoms with Gasteiger partial charge in [0.25, 0.3) is 5.91 Å². The van der Waals surface area contributed by atoms with Gasteiger partial charge in [-0.05, 0) is 67.1 Å². The average Bonchev–Trinajstić information content (AvgIpc) is 3.19. The molecule has 1 atom stereocenters. The molecule has 0 aliphatic heterocycles. The van der Waals surface area contributed by atoms with Gasteiger partial charge in [-0.2, -0.15) is 13.2 Å². The first kappa shape index (κ1) is 29.9. The highest BCUT2D eigenvalue weighted by Crippen LogP contribution is 2.39. The molecular formula is C27H23ClF4N4O4S. The predicted molar refractivity (Wildman–Crippen MR) is 147 cm³/mol. The van der Waals surface area contributed by atoms with Gasteiger partial charge in [0, 0.05) is 23.8 Å². The summed E-state index contributed by atoms with van der Waals surface area (Å²) in [4.78, 5) is 16.8. The third kappa shape index (κ3) is 6.80. The lowest BCUT2D eigenvalue weighted by atomic mass is 10.1. The van der Waals surface area contributed by atoms with Crippen LogP contribution in [0.3, 0.4) is 0 Å². The molecule has 0 saturated carbocycles. The third-order valence-corrected chi connectivity index (χ3v) is 6.83. The first-order chi connectivity index (χ1) is 19.0. The lowest BCUT2D eigenvalue weighted by molar-refractivity contribution is -0.137. The van der Waals surface area contributed by atoms with Gasteiger partial charge in [0.05, 0.1) is 34.5 Å². The Morgan fingerprint density at radius 1 is 1.15 bits per heavy atom. The van der Waals surface area contributed by atoms with E-state index in [1.54, 1.807) is 11.6 Å². The van der Waals surface area contributed by atoms with E-state index in [9.17, 15) is 30.8 Å². The first-order valence-electron chi connectivity index (χ1n) is 11.8. The summed E-state index contributed by atoms with van der Waals surface area (Å²) in [7, 11) is -2.04. The SMILES string of the molecule is CC(Oc1cccnc1-c1cc(C(N)=O)c(-c2cc(Cl)cc(NS(C)(=O)=O)c2)n1C)c1cc(F)cc(C(F)(F)F)c1. The van der Waals surface area contributed by atoms with E-state index in [2.05, 4.69) is 9.71 Å². The molecule has 0 aliphatic carbocycles. The number of sulfonamides is 1. The van der Waals surface area contributed by atoms with Gasteiger partial charge < -0.3 is 15.0 Å². The van der Waals surface area contributed by atoms with Crippen molar-refractivity contribution in [2.75, 3.05) is 11.0 Å². The normalized spacial score (nSPS) is 12.7. The van der Waals surface area contributed by atoms with Gasteiger partial charge in [0.1, 0.15) is 23.4 Å². The van der Waals surface area contributed by atoms with Crippen molar-refractivity contribution in [1.82, 2.24) is 9.55 Å². The Balaban J connectivity index is 1.80. The van der Waals surface area contributed by atoms with Crippen molar-refractivity contribution in [3.8, 4) is 28.4 Å². The lowest BCUT2D eigenvalue weighted by Crippen LogP contribution is -2.12. The smallest absolute Gasteiger partial charge is 0.416 e. The average molecular weight is 611 g/mol. The van der Waals surface area contributed by atoms with Gasteiger partial charge in [-0.15, -0.1) is 0 Å². The number of nitrogens with one attached hydrogen (secondary N) is 1. The Hall–Kier alpha value is -4.10. The molecule has 4 rings (SSSR count). The molecule has 0 saturated heterocycles. The molecule has 216 valence electrons. The van der Waals surface area contributed by atoms with Crippen LogP contribution in [-0.4, -0.2) is 30.1 Å². The molecule has 3 N–H and O–H groups in total. The highest BCUT2D eigenvalue weighted by atomic mass is 35.5. The summed E-state index contributed by atoms with van der Waals surface area (Å²) in [6, 6.07) is 11.0. The van der Waals surface area contributed by atoms with Crippen LogP contribution in [-0.2, 0) is 23.2 Å². The van der Waals surface area contributed by atoms with Crippen LogP contribution in [0.1, 0.15) is 34.5 Å². The van der Waals surface area contributed by atoms with Crippen LogP contribution in [0.25, 0.3) is 22.6 Å². The minimum Gasteiger partial charge on any atom is -0.484 e. The second-order valence-electron chi connectivity index (χ2n) is 9.20. The quantitative estimate of drug-likeness (QED) is 0.231. The monoisotopic (exact) mass is 610 g/mol. The number of halogens is 5. The molecule has 0 bridgehead atoms. The molecule has 0 fully saturated rings. The zero-order chi connectivity index (χ0) is 30.3. The summed E-state index contributed by atoms with van der Waals surface area (Å²) in [6.45, 7) is 1.46. The number of aromatic nitrogens is 2. The maximum Gasteiger partial charge on any atom is 0.416 e. The van der Waals surface area contributed by atoms with Gasteiger partial charge in [-0.25, -0.2) is 12.8 Å². The number of primary amides is 1. The van der Waals surface area contributed by atoms with Crippen molar-refractivity contribution in [2.24, 2.45) is 12.8 Å². The zero-order valence-corrected chi connectivity index (χ0v) is 23.3. The second kappa shape index (κ2) is 11.1. The summed E-state index contributed by atoms with van der Waals surface area (Å²) >= 11 is 6.24. The topological polar surface area (TPSA) is 116 Å². The van der Waals surface area contributed by atoms with Crippen molar-refractivity contribution < 1.29 is 35.5 Å². The standard InChI is InChI=1S/C27H23ClF4N4O4S/c1-14(15-7-17(27(30,31)32)11-19(29)9-15)40-23-5-4-6-34-24(23)22-13-21(26(33)37)25(36(22)2)16-8-18(28)12-20(10-16)35-41(3,38)39/h4-14,35H,1-3H3,(H2,33,37). The molecule has 1 amide bonds. The Labute approximate surface area is 237 Å². The summed E-state index contributed by atoms with van der Waals surface area (Å²) in [6.07, 6.45) is -3.36. The van der Waals surface area contributed by atoms with Crippen LogP contribution in [0.5, 0.6) is 5.75 Å². The van der Waals surface area contributed by atoms with Crippen LogP contribution in [0.15, 0.2) is 60.8 Å². The van der Waals surface area contributed by atoms with E-state index in [0.717, 1.165) is 18.4 Å². The molecule has 41 heavy (non-hydrogen) atoms. The largest absolute Gasteiger partial charge is 0.484 e. The molecule has 0 spiro atoms. The highest BCUT2D eigenvalue weighted by molar-refractivity contribution is 7.92. The van der Waals surface area contributed by atoms with Crippen LogP contribution in [0, 0.1) is 5.82 Å². The Morgan fingerprint density at radius 3 is 2.49 bits per heavy atom. The van der Waals surface area contributed by atoms with E-state index < -0.39 is 39.6 Å². The van der Waals surface area contributed by atoms with Crippen LogP contribution < -0.4 is 15.2 Å². The number of ether oxygens (including phenoxy) is 1. The van der Waals surface area contributed by atoms with Crippen molar-refractivity contribution in [2.45, 2.75) is 19.2 Å². The van der Waals surface area contributed by atoms with Crippen LogP contribution in [0.4, 0.5) is 23.2 Å². The predicted octanol–water partition coefficient (Wildman–Crippen LogP) is 6.18. The van der Waals surface area contributed by atoms with Crippen molar-refractivity contribution >= 4 is 33.2 Å². The minimum atomic E-state index is -4.75. The van der Waals surface area contributed by atoms with Crippen LogP contribution >= 0.6 is 11.6 Å². The molecule has 2 aromatic heterocycles. The number of amides is 1. The summed E-state index contributed by atoms with van der Waals surface area (Å²) in [5.74, 6) is -1.74. The number of hydrogen-bond acceptors (Lipinski definition) is 5. The van der Waals surface area contributed by atoms with Crippen LogP contribution in [0.2, 0.25) is 5.02 Å².